The number of hydrogen-bond donors (Lipinski definition) is 0. The molecule has 0 aliphatic carbocycles. The molecule has 0 unspecified atom stereocenters. The molecule has 0 N–H and O–H groups in total. The average molecular weight is 436 g/mol. The number of rotatable bonds is 4. The number of fused-ring (bicyclic) bond motifs is 1. The number of methoxy groups -OCH3 is 1. The smallest absolute Gasteiger partial charge is 0.337 e. The Morgan fingerprint density at radius 2 is 1.87 bits per heavy atom. The Morgan fingerprint density at radius 3 is 2.45 bits per heavy atom. The fourth-order valence-electron chi connectivity index (χ4n) is 3.50. The predicted molar refractivity (Wildman–Crippen MR) is 120 cm³/mol. The average Bonchev–Trinajstić information content (AvgIpc) is 3.25. The van der Waals surface area contributed by atoms with Crippen LogP contribution in [0.3, 0.4) is 0 Å². The van der Waals surface area contributed by atoms with Gasteiger partial charge in [-0.05, 0) is 44.2 Å². The number of anilines is 2. The summed E-state index contributed by atoms with van der Waals surface area (Å²) in [5.41, 5.74) is 1.94. The van der Waals surface area contributed by atoms with Crippen LogP contribution in [-0.2, 0) is 11.3 Å². The molecule has 0 radical (unpaired) electrons. The van der Waals surface area contributed by atoms with Gasteiger partial charge in [-0.3, -0.25) is 9.36 Å². The minimum Gasteiger partial charge on any atom is -0.465 e. The molecule has 2 heterocycles. The zero-order valence-electron chi connectivity index (χ0n) is 17.7. The number of carbonyl (C=O) groups excluding carboxylic acids is 1. The fourth-order valence-corrected chi connectivity index (χ4v) is 4.56. The molecule has 0 fully saturated rings. The van der Waals surface area contributed by atoms with Crippen LogP contribution in [0.25, 0.3) is 11.6 Å². The highest BCUT2D eigenvalue weighted by Crippen LogP contribution is 2.41. The van der Waals surface area contributed by atoms with Crippen LogP contribution in [0.15, 0.2) is 34.9 Å². The Balaban J connectivity index is 2.15. The van der Waals surface area contributed by atoms with Crippen LogP contribution in [-0.4, -0.2) is 31.2 Å². The maximum atomic E-state index is 12.8. The molecule has 0 atom stereocenters. The quantitative estimate of drug-likeness (QED) is 0.671. The number of nitrogens with zero attached hydrogens (tertiary/aromatic N) is 5. The second-order valence-corrected chi connectivity index (χ2v) is 7.64. The first-order chi connectivity index (χ1) is 14.9. The van der Waals surface area contributed by atoms with E-state index < -0.39 is 5.97 Å². The molecule has 1 aliphatic rings. The summed E-state index contributed by atoms with van der Waals surface area (Å²) in [6.07, 6.45) is 3.54. The summed E-state index contributed by atoms with van der Waals surface area (Å²) in [5, 5.41) is 18.4. The number of aromatic nitrogens is 1. The summed E-state index contributed by atoms with van der Waals surface area (Å²) < 4.78 is 7.05. The number of nitriles is 2. The van der Waals surface area contributed by atoms with Crippen molar-refractivity contribution in [1.82, 2.24) is 4.57 Å². The number of allylic oxidation sites excluding steroid dienone is 1. The van der Waals surface area contributed by atoms with Crippen molar-refractivity contribution in [3.63, 3.8) is 0 Å². The largest absolute Gasteiger partial charge is 0.465 e. The zero-order chi connectivity index (χ0) is 22.7. The van der Waals surface area contributed by atoms with Crippen LogP contribution in [0, 0.1) is 22.7 Å². The van der Waals surface area contributed by atoms with Crippen molar-refractivity contribution < 1.29 is 9.53 Å². The first kappa shape index (κ1) is 21.9. The molecule has 1 aliphatic heterocycles. The van der Waals surface area contributed by atoms with E-state index in [0.29, 0.717) is 27.8 Å². The third kappa shape index (κ3) is 3.72. The molecule has 1 aromatic heterocycles. The summed E-state index contributed by atoms with van der Waals surface area (Å²) in [5.74, 6) is 0.429. The van der Waals surface area contributed by atoms with Crippen LogP contribution in [0.1, 0.15) is 24.2 Å². The van der Waals surface area contributed by atoms with Gasteiger partial charge in [-0.15, -0.1) is 11.3 Å². The van der Waals surface area contributed by atoms with Crippen molar-refractivity contribution in [2.75, 3.05) is 30.5 Å². The maximum absolute atomic E-state index is 12.8. The third-order valence-corrected chi connectivity index (χ3v) is 6.18. The molecular formula is C22H21N5O3S. The first-order valence-electron chi connectivity index (χ1n) is 9.61. The highest BCUT2D eigenvalue weighted by Gasteiger charge is 2.28. The summed E-state index contributed by atoms with van der Waals surface area (Å²) in [6, 6.07) is 9.09. The molecular weight excluding hydrogens is 414 g/mol. The van der Waals surface area contributed by atoms with E-state index in [4.69, 9.17) is 4.74 Å². The minimum absolute atomic E-state index is 0.0767. The molecule has 0 saturated heterocycles. The first-order valence-corrected chi connectivity index (χ1v) is 10.4. The van der Waals surface area contributed by atoms with Crippen LogP contribution in [0.2, 0.25) is 0 Å². The van der Waals surface area contributed by atoms with Gasteiger partial charge in [0.2, 0.25) is 0 Å². The van der Waals surface area contributed by atoms with Crippen molar-refractivity contribution in [2.24, 2.45) is 0 Å². The van der Waals surface area contributed by atoms with Crippen LogP contribution in [0.4, 0.5) is 11.4 Å². The topological polar surface area (TPSA) is 102 Å². The van der Waals surface area contributed by atoms with Gasteiger partial charge in [-0.1, -0.05) is 0 Å². The fraction of sp³-hybridized carbons (Fsp3) is 0.273. The van der Waals surface area contributed by atoms with Gasteiger partial charge in [-0.25, -0.2) is 4.79 Å². The van der Waals surface area contributed by atoms with Gasteiger partial charge in [0.25, 0.3) is 5.56 Å². The highest BCUT2D eigenvalue weighted by atomic mass is 32.1. The molecule has 3 rings (SSSR count). The molecule has 158 valence electrons. The molecule has 0 saturated carbocycles. The lowest BCUT2D eigenvalue weighted by molar-refractivity contribution is 0.0601. The molecule has 8 nitrogen and oxygen atoms in total. The Labute approximate surface area is 183 Å². The number of esters is 1. The number of carbonyl (C=O) groups is 1. The number of thiazole rings is 1. The minimum atomic E-state index is -0.406. The standard InChI is InChI=1S/C22H21N5O3S/c1-5-26-16-8-7-14(22(29)30-4)11-17(16)25(3)19(26)10-9-18-20(28)27(6-2)21(31-18)15(12-23)13-24/h7-11H,5-6H2,1-4H3. The SMILES string of the molecule is CCN1C(=CC=c2sc(=C(C#N)C#N)n(CC)c2=O)N(C)c2cc(C(=O)OC)ccc21. The van der Waals surface area contributed by atoms with Gasteiger partial charge < -0.3 is 14.5 Å². The van der Waals surface area contributed by atoms with Crippen molar-refractivity contribution >= 4 is 40.3 Å². The molecule has 0 spiro atoms. The normalized spacial score (nSPS) is 14.4. The van der Waals surface area contributed by atoms with E-state index in [9.17, 15) is 20.1 Å². The lowest BCUT2D eigenvalue weighted by Crippen LogP contribution is -2.31. The lowest BCUT2D eigenvalue weighted by atomic mass is 10.1. The molecule has 31 heavy (non-hydrogen) atoms. The summed E-state index contributed by atoms with van der Waals surface area (Å²) >= 11 is 1.12. The van der Waals surface area contributed by atoms with E-state index in [1.54, 1.807) is 25.1 Å². The van der Waals surface area contributed by atoms with E-state index in [1.807, 2.05) is 43.2 Å². The van der Waals surface area contributed by atoms with Crippen molar-refractivity contribution in [3.8, 4) is 12.1 Å². The molecule has 0 bridgehead atoms. The van der Waals surface area contributed by atoms with E-state index in [1.165, 1.54) is 11.7 Å². The van der Waals surface area contributed by atoms with Gasteiger partial charge in [0.05, 0.1) is 28.6 Å². The molecule has 9 heteroatoms. The Morgan fingerprint density at radius 1 is 1.16 bits per heavy atom. The second-order valence-electron chi connectivity index (χ2n) is 6.61. The number of benzene rings is 1. The third-order valence-electron chi connectivity index (χ3n) is 5.03. The van der Waals surface area contributed by atoms with E-state index in [0.717, 1.165) is 28.5 Å². The van der Waals surface area contributed by atoms with Gasteiger partial charge in [-0.2, -0.15) is 10.5 Å². The van der Waals surface area contributed by atoms with Crippen molar-refractivity contribution in [1.29, 1.82) is 10.5 Å². The van der Waals surface area contributed by atoms with Gasteiger partial charge in [0.1, 0.15) is 22.6 Å². The molecule has 2 aromatic rings. The predicted octanol–water partition coefficient (Wildman–Crippen LogP) is 1.51. The van der Waals surface area contributed by atoms with Gasteiger partial charge >= 0.3 is 5.97 Å². The monoisotopic (exact) mass is 435 g/mol. The molecule has 0 amide bonds. The Hall–Kier alpha value is -3.82. The van der Waals surface area contributed by atoms with E-state index in [-0.39, 0.29) is 11.1 Å². The van der Waals surface area contributed by atoms with Crippen LogP contribution >= 0.6 is 11.3 Å². The van der Waals surface area contributed by atoms with Crippen LogP contribution < -0.4 is 24.6 Å². The maximum Gasteiger partial charge on any atom is 0.337 e. The Bertz CT molecular complexity index is 1320. The summed E-state index contributed by atoms with van der Waals surface area (Å²) in [7, 11) is 3.23. The lowest BCUT2D eigenvalue weighted by Gasteiger charge is -2.20. The number of ether oxygens (including phenoxy) is 1. The van der Waals surface area contributed by atoms with E-state index in [2.05, 4.69) is 4.90 Å². The van der Waals surface area contributed by atoms with Crippen molar-refractivity contribution in [2.45, 2.75) is 20.4 Å². The molecule has 1 aromatic carbocycles. The van der Waals surface area contributed by atoms with Gasteiger partial charge in [0.15, 0.2) is 5.57 Å². The van der Waals surface area contributed by atoms with Gasteiger partial charge in [0, 0.05) is 20.1 Å². The summed E-state index contributed by atoms with van der Waals surface area (Å²) in [4.78, 5) is 28.7. The number of hydrogen-bond acceptors (Lipinski definition) is 8. The second kappa shape index (κ2) is 8.90. The zero-order valence-corrected chi connectivity index (χ0v) is 18.5. The van der Waals surface area contributed by atoms with Crippen molar-refractivity contribution in [3.05, 3.63) is 55.2 Å². The highest BCUT2D eigenvalue weighted by molar-refractivity contribution is 7.07. The van der Waals surface area contributed by atoms with E-state index >= 15 is 0 Å². The summed E-state index contributed by atoms with van der Waals surface area (Å²) in [6.45, 7) is 4.86. The Kier molecular flexibility index (Phi) is 6.28. The van der Waals surface area contributed by atoms with Crippen LogP contribution in [0.5, 0.6) is 0 Å².